The van der Waals surface area contributed by atoms with Crippen molar-refractivity contribution in [3.63, 3.8) is 0 Å². The van der Waals surface area contributed by atoms with Gasteiger partial charge in [-0.05, 0) is 29.8 Å². The molecule has 1 atom stereocenters. The molecule has 0 saturated carbocycles. The molecule has 2 aromatic rings. The third-order valence-electron chi connectivity index (χ3n) is 4.09. The molecular weight excluding hydrogens is 394 g/mol. The molecule has 7 heteroatoms. The molecule has 0 saturated heterocycles. The smallest absolute Gasteiger partial charge is 0.339 e. The topological polar surface area (TPSA) is 63.7 Å². The summed E-state index contributed by atoms with van der Waals surface area (Å²) in [7, 11) is -2.65. The number of rotatable bonds is 3. The van der Waals surface area contributed by atoms with Crippen LogP contribution in [-0.4, -0.2) is 28.0 Å². The van der Waals surface area contributed by atoms with Crippen LogP contribution in [0.2, 0.25) is 0 Å². The molecular formula is C17H16BrNO4S. The predicted octanol–water partition coefficient (Wildman–Crippen LogP) is 3.55. The van der Waals surface area contributed by atoms with Gasteiger partial charge in [0.2, 0.25) is 0 Å². The highest BCUT2D eigenvalue weighted by atomic mass is 79.9. The Morgan fingerprint density at radius 3 is 2.67 bits per heavy atom. The molecule has 24 heavy (non-hydrogen) atoms. The van der Waals surface area contributed by atoms with E-state index in [0.717, 1.165) is 5.56 Å². The molecule has 0 aromatic heterocycles. The van der Waals surface area contributed by atoms with Crippen molar-refractivity contribution in [1.29, 1.82) is 0 Å². The molecule has 0 amide bonds. The van der Waals surface area contributed by atoms with E-state index in [1.165, 1.54) is 23.5 Å². The number of methoxy groups -OCH3 is 1. The first-order valence-corrected chi connectivity index (χ1v) is 9.59. The Labute approximate surface area is 149 Å². The van der Waals surface area contributed by atoms with Gasteiger partial charge in [0.25, 0.3) is 10.0 Å². The fourth-order valence-corrected chi connectivity index (χ4v) is 5.02. The quantitative estimate of drug-likeness (QED) is 0.727. The van der Waals surface area contributed by atoms with Crippen molar-refractivity contribution in [3.8, 4) is 0 Å². The largest absolute Gasteiger partial charge is 0.465 e. The van der Waals surface area contributed by atoms with Crippen LogP contribution in [0, 0.1) is 0 Å². The Morgan fingerprint density at radius 2 is 1.96 bits per heavy atom. The van der Waals surface area contributed by atoms with Crippen LogP contribution in [0.3, 0.4) is 0 Å². The van der Waals surface area contributed by atoms with Gasteiger partial charge < -0.3 is 4.74 Å². The van der Waals surface area contributed by atoms with Crippen molar-refractivity contribution in [2.24, 2.45) is 0 Å². The number of anilines is 1. The normalized spacial score (nSPS) is 16.8. The molecule has 0 aliphatic carbocycles. The maximum absolute atomic E-state index is 13.2. The van der Waals surface area contributed by atoms with E-state index in [2.05, 4.69) is 15.9 Å². The predicted molar refractivity (Wildman–Crippen MR) is 94.9 cm³/mol. The van der Waals surface area contributed by atoms with E-state index in [4.69, 9.17) is 4.74 Å². The molecule has 0 bridgehead atoms. The number of hydrogen-bond acceptors (Lipinski definition) is 4. The summed E-state index contributed by atoms with van der Waals surface area (Å²) >= 11 is 3.26. The van der Waals surface area contributed by atoms with Crippen molar-refractivity contribution in [2.45, 2.75) is 17.7 Å². The number of sulfonamides is 1. The summed E-state index contributed by atoms with van der Waals surface area (Å²) in [4.78, 5) is 12.0. The van der Waals surface area contributed by atoms with Gasteiger partial charge in [-0.15, -0.1) is 0 Å². The van der Waals surface area contributed by atoms with E-state index in [1.807, 2.05) is 25.1 Å². The molecule has 1 heterocycles. The van der Waals surface area contributed by atoms with Crippen molar-refractivity contribution in [1.82, 2.24) is 0 Å². The minimum atomic E-state index is -3.88. The zero-order chi connectivity index (χ0) is 17.5. The highest BCUT2D eigenvalue weighted by Gasteiger charge is 2.36. The van der Waals surface area contributed by atoms with Crippen LogP contribution in [0.5, 0.6) is 0 Å². The number of para-hydroxylation sites is 1. The minimum Gasteiger partial charge on any atom is -0.465 e. The highest BCUT2D eigenvalue weighted by molar-refractivity contribution is 9.10. The van der Waals surface area contributed by atoms with Crippen LogP contribution in [-0.2, 0) is 14.8 Å². The van der Waals surface area contributed by atoms with Gasteiger partial charge in [-0.25, -0.2) is 13.2 Å². The second-order valence-electron chi connectivity index (χ2n) is 5.63. The monoisotopic (exact) mass is 409 g/mol. The van der Waals surface area contributed by atoms with Crippen LogP contribution in [0.25, 0.3) is 0 Å². The minimum absolute atomic E-state index is 0.0175. The Balaban J connectivity index is 2.15. The van der Waals surface area contributed by atoms with Gasteiger partial charge in [0.05, 0.1) is 18.4 Å². The SMILES string of the molecule is COC(=O)c1cc(Br)ccc1S(=O)(=O)N1CC(C)c2ccccc21. The van der Waals surface area contributed by atoms with Gasteiger partial charge in [0.15, 0.2) is 0 Å². The first kappa shape index (κ1) is 17.0. The van der Waals surface area contributed by atoms with Gasteiger partial charge in [0.1, 0.15) is 4.90 Å². The van der Waals surface area contributed by atoms with E-state index in [-0.39, 0.29) is 16.4 Å². The molecule has 126 valence electrons. The number of ether oxygens (including phenoxy) is 1. The second-order valence-corrected chi connectivity index (χ2v) is 8.37. The standard InChI is InChI=1S/C17H16BrNO4S/c1-11-10-19(15-6-4-3-5-13(11)15)24(21,22)16-8-7-12(18)9-14(16)17(20)23-2/h3-9,11H,10H2,1-2H3. The van der Waals surface area contributed by atoms with E-state index < -0.39 is 16.0 Å². The lowest BCUT2D eigenvalue weighted by Gasteiger charge is -2.21. The van der Waals surface area contributed by atoms with Crippen LogP contribution in [0.4, 0.5) is 5.69 Å². The maximum Gasteiger partial charge on any atom is 0.339 e. The third kappa shape index (κ3) is 2.71. The number of carbonyl (C=O) groups excluding carboxylic acids is 1. The van der Waals surface area contributed by atoms with Crippen molar-refractivity contribution in [3.05, 3.63) is 58.1 Å². The average Bonchev–Trinajstić information content (AvgIpc) is 2.92. The number of carbonyl (C=O) groups is 1. The van der Waals surface area contributed by atoms with Gasteiger partial charge in [-0.3, -0.25) is 4.31 Å². The Kier molecular flexibility index (Phi) is 4.40. The zero-order valence-corrected chi connectivity index (χ0v) is 15.6. The molecule has 2 aromatic carbocycles. The highest BCUT2D eigenvalue weighted by Crippen LogP contribution is 2.39. The van der Waals surface area contributed by atoms with E-state index in [0.29, 0.717) is 16.7 Å². The summed E-state index contributed by atoms with van der Waals surface area (Å²) in [6.07, 6.45) is 0. The number of halogens is 1. The van der Waals surface area contributed by atoms with Crippen molar-refractivity contribution in [2.75, 3.05) is 18.0 Å². The molecule has 0 fully saturated rings. The van der Waals surface area contributed by atoms with Gasteiger partial charge in [-0.2, -0.15) is 0 Å². The first-order chi connectivity index (χ1) is 11.4. The molecule has 0 N–H and O–H groups in total. The molecule has 1 unspecified atom stereocenters. The Hall–Kier alpha value is -1.86. The van der Waals surface area contributed by atoms with Crippen LogP contribution < -0.4 is 4.31 Å². The van der Waals surface area contributed by atoms with E-state index in [9.17, 15) is 13.2 Å². The summed E-state index contributed by atoms with van der Waals surface area (Å²) < 4.78 is 33.1. The first-order valence-electron chi connectivity index (χ1n) is 7.36. The molecule has 1 aliphatic heterocycles. The Morgan fingerprint density at radius 1 is 1.25 bits per heavy atom. The number of hydrogen-bond donors (Lipinski definition) is 0. The molecule has 1 aliphatic rings. The van der Waals surface area contributed by atoms with Gasteiger partial charge >= 0.3 is 5.97 Å². The van der Waals surface area contributed by atoms with Gasteiger partial charge in [-0.1, -0.05) is 41.1 Å². The lowest BCUT2D eigenvalue weighted by Crippen LogP contribution is -2.31. The summed E-state index contributed by atoms with van der Waals surface area (Å²) in [5.74, 6) is -0.594. The molecule has 0 spiro atoms. The number of fused-ring (bicyclic) bond motifs is 1. The number of nitrogens with zero attached hydrogens (tertiary/aromatic N) is 1. The molecule has 5 nitrogen and oxygen atoms in total. The van der Waals surface area contributed by atoms with Gasteiger partial charge in [0, 0.05) is 16.9 Å². The molecule has 3 rings (SSSR count). The summed E-state index contributed by atoms with van der Waals surface area (Å²) in [5, 5.41) is 0. The van der Waals surface area contributed by atoms with Crippen LogP contribution in [0.15, 0.2) is 51.8 Å². The molecule has 0 radical (unpaired) electrons. The number of esters is 1. The maximum atomic E-state index is 13.2. The number of benzene rings is 2. The Bertz CT molecular complexity index is 911. The van der Waals surface area contributed by atoms with Crippen LogP contribution >= 0.6 is 15.9 Å². The van der Waals surface area contributed by atoms with Crippen molar-refractivity contribution < 1.29 is 17.9 Å². The summed E-state index contributed by atoms with van der Waals surface area (Å²) in [6, 6.07) is 11.9. The second kappa shape index (κ2) is 6.22. The average molecular weight is 410 g/mol. The van der Waals surface area contributed by atoms with Crippen molar-refractivity contribution >= 4 is 37.6 Å². The third-order valence-corrected chi connectivity index (χ3v) is 6.42. The van der Waals surface area contributed by atoms with E-state index in [1.54, 1.807) is 12.1 Å². The van der Waals surface area contributed by atoms with Crippen LogP contribution in [0.1, 0.15) is 28.8 Å². The fourth-order valence-electron chi connectivity index (χ4n) is 2.92. The lowest BCUT2D eigenvalue weighted by atomic mass is 10.0. The van der Waals surface area contributed by atoms with E-state index >= 15 is 0 Å². The summed E-state index contributed by atoms with van der Waals surface area (Å²) in [6.45, 7) is 2.33. The summed E-state index contributed by atoms with van der Waals surface area (Å²) in [5.41, 5.74) is 1.66. The lowest BCUT2D eigenvalue weighted by molar-refractivity contribution is 0.0596. The fraction of sp³-hybridized carbons (Fsp3) is 0.235. The zero-order valence-electron chi connectivity index (χ0n) is 13.2.